The Balaban J connectivity index is 1.71. The van der Waals surface area contributed by atoms with Gasteiger partial charge in [-0.2, -0.15) is 5.10 Å². The van der Waals surface area contributed by atoms with Gasteiger partial charge in [-0.3, -0.25) is 9.59 Å². The van der Waals surface area contributed by atoms with Crippen LogP contribution in [-0.2, 0) is 11.3 Å². The Hall–Kier alpha value is -2.44. The SMILES string of the molecule is Cc1nc(C)n([C@@H]2CCCN(C(=O)Cn3ccccc3=O)C2)n1. The highest BCUT2D eigenvalue weighted by Crippen LogP contribution is 2.22. The van der Waals surface area contributed by atoms with Crippen LogP contribution in [0, 0.1) is 13.8 Å². The van der Waals surface area contributed by atoms with Gasteiger partial charge < -0.3 is 9.47 Å². The summed E-state index contributed by atoms with van der Waals surface area (Å²) in [5.74, 6) is 1.60. The lowest BCUT2D eigenvalue weighted by atomic mass is 10.1. The molecule has 1 aliphatic heterocycles. The summed E-state index contributed by atoms with van der Waals surface area (Å²) in [5, 5.41) is 4.44. The molecule has 0 aromatic carbocycles. The normalized spacial score (nSPS) is 18.2. The lowest BCUT2D eigenvalue weighted by Gasteiger charge is -2.33. The predicted octanol–water partition coefficient (Wildman–Crippen LogP) is 0.920. The number of aryl methyl sites for hydroxylation is 2. The first-order valence-electron chi connectivity index (χ1n) is 7.87. The van der Waals surface area contributed by atoms with Crippen molar-refractivity contribution < 1.29 is 4.79 Å². The number of rotatable bonds is 3. The first-order chi connectivity index (χ1) is 11.0. The largest absolute Gasteiger partial charge is 0.339 e. The Morgan fingerprint density at radius 2 is 2.17 bits per heavy atom. The van der Waals surface area contributed by atoms with E-state index < -0.39 is 0 Å². The van der Waals surface area contributed by atoms with E-state index in [2.05, 4.69) is 10.1 Å². The van der Waals surface area contributed by atoms with Crippen LogP contribution in [-0.4, -0.2) is 43.2 Å². The second-order valence-corrected chi connectivity index (χ2v) is 5.95. The van der Waals surface area contributed by atoms with E-state index in [-0.39, 0.29) is 24.1 Å². The molecule has 0 spiro atoms. The molecule has 3 rings (SSSR count). The van der Waals surface area contributed by atoms with Crippen molar-refractivity contribution in [3.63, 3.8) is 0 Å². The third kappa shape index (κ3) is 3.33. The van der Waals surface area contributed by atoms with E-state index in [0.717, 1.165) is 31.0 Å². The molecule has 0 unspecified atom stereocenters. The van der Waals surface area contributed by atoms with Crippen LogP contribution < -0.4 is 5.56 Å². The van der Waals surface area contributed by atoms with Gasteiger partial charge in [-0.15, -0.1) is 0 Å². The summed E-state index contributed by atoms with van der Waals surface area (Å²) in [7, 11) is 0. The van der Waals surface area contributed by atoms with Crippen LogP contribution in [0.1, 0.15) is 30.5 Å². The van der Waals surface area contributed by atoms with E-state index in [1.807, 2.05) is 23.4 Å². The molecule has 2 aromatic heterocycles. The van der Waals surface area contributed by atoms with Crippen molar-refractivity contribution in [2.45, 2.75) is 39.3 Å². The lowest BCUT2D eigenvalue weighted by molar-refractivity contribution is -0.133. The van der Waals surface area contributed by atoms with Crippen LogP contribution in [0.15, 0.2) is 29.2 Å². The Morgan fingerprint density at radius 1 is 1.35 bits per heavy atom. The molecule has 0 saturated carbocycles. The second-order valence-electron chi connectivity index (χ2n) is 5.95. The first kappa shape index (κ1) is 15.5. The summed E-state index contributed by atoms with van der Waals surface area (Å²) in [4.78, 5) is 30.4. The topological polar surface area (TPSA) is 73.0 Å². The maximum absolute atomic E-state index is 12.5. The van der Waals surface area contributed by atoms with Crippen molar-refractivity contribution in [1.82, 2.24) is 24.2 Å². The predicted molar refractivity (Wildman–Crippen MR) is 85.0 cm³/mol. The van der Waals surface area contributed by atoms with Crippen molar-refractivity contribution in [3.8, 4) is 0 Å². The summed E-state index contributed by atoms with van der Waals surface area (Å²) >= 11 is 0. The quantitative estimate of drug-likeness (QED) is 0.844. The Labute approximate surface area is 134 Å². The molecule has 1 amide bonds. The molecule has 7 heteroatoms. The highest BCUT2D eigenvalue weighted by atomic mass is 16.2. The maximum atomic E-state index is 12.5. The van der Waals surface area contributed by atoms with Crippen LogP contribution in [0.3, 0.4) is 0 Å². The minimum atomic E-state index is -0.155. The highest BCUT2D eigenvalue weighted by Gasteiger charge is 2.26. The molecule has 3 heterocycles. The maximum Gasteiger partial charge on any atom is 0.250 e. The van der Waals surface area contributed by atoms with E-state index in [4.69, 9.17) is 0 Å². The van der Waals surface area contributed by atoms with Crippen LogP contribution in [0.4, 0.5) is 0 Å². The van der Waals surface area contributed by atoms with Crippen molar-refractivity contribution in [2.24, 2.45) is 0 Å². The van der Waals surface area contributed by atoms with Gasteiger partial charge >= 0.3 is 0 Å². The summed E-state index contributed by atoms with van der Waals surface area (Å²) in [6, 6.07) is 5.06. The molecule has 2 aromatic rings. The number of hydrogen-bond acceptors (Lipinski definition) is 4. The van der Waals surface area contributed by atoms with Crippen molar-refractivity contribution in [2.75, 3.05) is 13.1 Å². The summed E-state index contributed by atoms with van der Waals surface area (Å²) in [6.45, 7) is 5.23. The number of pyridine rings is 1. The fourth-order valence-corrected chi connectivity index (χ4v) is 3.10. The van der Waals surface area contributed by atoms with Gasteiger partial charge in [0, 0.05) is 25.4 Å². The molecule has 0 aliphatic carbocycles. The molecule has 7 nitrogen and oxygen atoms in total. The lowest BCUT2D eigenvalue weighted by Crippen LogP contribution is -2.43. The summed E-state index contributed by atoms with van der Waals surface area (Å²) in [5.41, 5.74) is -0.155. The van der Waals surface area contributed by atoms with Gasteiger partial charge in [0.15, 0.2) is 0 Å². The zero-order valence-corrected chi connectivity index (χ0v) is 13.5. The number of hydrogen-bond donors (Lipinski definition) is 0. The van der Waals surface area contributed by atoms with Gasteiger partial charge in [-0.05, 0) is 32.8 Å². The highest BCUT2D eigenvalue weighted by molar-refractivity contribution is 5.76. The number of carbonyl (C=O) groups excluding carboxylic acids is 1. The average Bonchev–Trinajstić information content (AvgIpc) is 2.88. The van der Waals surface area contributed by atoms with E-state index in [9.17, 15) is 9.59 Å². The Bertz CT molecular complexity index is 764. The minimum Gasteiger partial charge on any atom is -0.339 e. The number of likely N-dealkylation sites (tertiary alicyclic amines) is 1. The first-order valence-corrected chi connectivity index (χ1v) is 7.87. The molecule has 23 heavy (non-hydrogen) atoms. The van der Waals surface area contributed by atoms with Gasteiger partial charge in [0.2, 0.25) is 5.91 Å². The minimum absolute atomic E-state index is 0.0301. The summed E-state index contributed by atoms with van der Waals surface area (Å²) < 4.78 is 3.36. The second kappa shape index (κ2) is 6.36. The third-order valence-electron chi connectivity index (χ3n) is 4.21. The van der Waals surface area contributed by atoms with Crippen molar-refractivity contribution in [3.05, 3.63) is 46.4 Å². The van der Waals surface area contributed by atoms with Crippen LogP contribution in [0.25, 0.3) is 0 Å². The molecular formula is C16H21N5O2. The zero-order valence-electron chi connectivity index (χ0n) is 13.5. The molecule has 1 saturated heterocycles. The van der Waals surface area contributed by atoms with Gasteiger partial charge in [0.1, 0.15) is 18.2 Å². The average molecular weight is 315 g/mol. The Morgan fingerprint density at radius 3 is 2.87 bits per heavy atom. The van der Waals surface area contributed by atoms with E-state index in [0.29, 0.717) is 6.54 Å². The zero-order chi connectivity index (χ0) is 16.4. The fraction of sp³-hybridized carbons (Fsp3) is 0.500. The van der Waals surface area contributed by atoms with Gasteiger partial charge in [-0.25, -0.2) is 9.67 Å². The molecule has 0 radical (unpaired) electrons. The summed E-state index contributed by atoms with van der Waals surface area (Å²) in [6.07, 6.45) is 3.56. The van der Waals surface area contributed by atoms with Gasteiger partial charge in [0.05, 0.1) is 6.04 Å². The van der Waals surface area contributed by atoms with Gasteiger partial charge in [-0.1, -0.05) is 6.07 Å². The molecule has 0 N–H and O–H groups in total. The smallest absolute Gasteiger partial charge is 0.250 e. The van der Waals surface area contributed by atoms with Crippen molar-refractivity contribution >= 4 is 5.91 Å². The van der Waals surface area contributed by atoms with Crippen LogP contribution >= 0.6 is 0 Å². The monoisotopic (exact) mass is 315 g/mol. The van der Waals surface area contributed by atoms with E-state index in [1.165, 1.54) is 10.6 Å². The van der Waals surface area contributed by atoms with E-state index >= 15 is 0 Å². The van der Waals surface area contributed by atoms with Crippen LogP contribution in [0.2, 0.25) is 0 Å². The number of aromatic nitrogens is 4. The Kier molecular flexibility index (Phi) is 4.27. The fourth-order valence-electron chi connectivity index (χ4n) is 3.10. The molecular weight excluding hydrogens is 294 g/mol. The standard InChI is InChI=1S/C16H21N5O2/c1-12-17-13(2)21(18-12)14-6-5-9-19(10-14)16(23)11-20-8-4-3-7-15(20)22/h3-4,7-8,14H,5-6,9-11H2,1-2H3/t14-/m1/s1. The van der Waals surface area contributed by atoms with Crippen LogP contribution in [0.5, 0.6) is 0 Å². The van der Waals surface area contributed by atoms with E-state index in [1.54, 1.807) is 18.3 Å². The number of amides is 1. The molecule has 0 bridgehead atoms. The number of nitrogens with zero attached hydrogens (tertiary/aromatic N) is 5. The molecule has 1 fully saturated rings. The third-order valence-corrected chi connectivity index (χ3v) is 4.21. The van der Waals surface area contributed by atoms with Gasteiger partial charge in [0.25, 0.3) is 5.56 Å². The molecule has 1 aliphatic rings. The molecule has 1 atom stereocenters. The number of carbonyl (C=O) groups is 1. The van der Waals surface area contributed by atoms with Crippen molar-refractivity contribution in [1.29, 1.82) is 0 Å². The number of piperidine rings is 1. The molecule has 122 valence electrons.